The van der Waals surface area contributed by atoms with Crippen LogP contribution in [0.25, 0.3) is 0 Å². The summed E-state index contributed by atoms with van der Waals surface area (Å²) in [5.74, 6) is 0.974. The first-order valence-corrected chi connectivity index (χ1v) is 7.28. The number of rotatable bonds is 3. The van der Waals surface area contributed by atoms with Gasteiger partial charge in [0.2, 0.25) is 0 Å². The van der Waals surface area contributed by atoms with E-state index in [-0.39, 0.29) is 5.41 Å². The molecule has 0 atom stereocenters. The maximum atomic E-state index is 11.6. The SMILES string of the molecule is O=CC1(CN2CCOc3ccccc3C2)CCOCC1. The highest BCUT2D eigenvalue weighted by Crippen LogP contribution is 2.31. The second kappa shape index (κ2) is 5.94. The molecule has 108 valence electrons. The molecule has 2 heterocycles. The molecule has 0 bridgehead atoms. The summed E-state index contributed by atoms with van der Waals surface area (Å²) < 4.78 is 11.2. The van der Waals surface area contributed by atoms with Crippen LogP contribution >= 0.6 is 0 Å². The van der Waals surface area contributed by atoms with Gasteiger partial charge in [0, 0.05) is 43.8 Å². The van der Waals surface area contributed by atoms with Gasteiger partial charge in [0.1, 0.15) is 18.6 Å². The largest absolute Gasteiger partial charge is 0.492 e. The first-order valence-electron chi connectivity index (χ1n) is 7.28. The Hall–Kier alpha value is -1.39. The number of ether oxygens (including phenoxy) is 2. The normalized spacial score (nSPS) is 22.4. The Morgan fingerprint density at radius 2 is 2.00 bits per heavy atom. The first-order chi connectivity index (χ1) is 9.81. The van der Waals surface area contributed by atoms with Gasteiger partial charge in [-0.2, -0.15) is 0 Å². The zero-order valence-electron chi connectivity index (χ0n) is 11.7. The van der Waals surface area contributed by atoms with E-state index in [1.807, 2.05) is 18.2 Å². The van der Waals surface area contributed by atoms with Crippen LogP contribution in [-0.2, 0) is 16.1 Å². The van der Waals surface area contributed by atoms with Gasteiger partial charge < -0.3 is 14.3 Å². The molecule has 1 aromatic carbocycles. The van der Waals surface area contributed by atoms with E-state index in [9.17, 15) is 4.79 Å². The average molecular weight is 275 g/mol. The highest BCUT2D eigenvalue weighted by molar-refractivity contribution is 5.60. The van der Waals surface area contributed by atoms with Gasteiger partial charge in [-0.3, -0.25) is 4.90 Å². The number of para-hydroxylation sites is 1. The monoisotopic (exact) mass is 275 g/mol. The van der Waals surface area contributed by atoms with Crippen molar-refractivity contribution in [3.05, 3.63) is 29.8 Å². The van der Waals surface area contributed by atoms with Gasteiger partial charge in [0.05, 0.1) is 0 Å². The van der Waals surface area contributed by atoms with E-state index in [1.54, 1.807) is 0 Å². The number of hydrogen-bond acceptors (Lipinski definition) is 4. The molecule has 2 aliphatic rings. The lowest BCUT2D eigenvalue weighted by Gasteiger charge is -2.36. The van der Waals surface area contributed by atoms with Crippen LogP contribution in [0.1, 0.15) is 18.4 Å². The minimum atomic E-state index is -0.239. The van der Waals surface area contributed by atoms with Crippen molar-refractivity contribution in [3.63, 3.8) is 0 Å². The van der Waals surface area contributed by atoms with Crippen molar-refractivity contribution in [2.75, 3.05) is 32.9 Å². The van der Waals surface area contributed by atoms with Gasteiger partial charge >= 0.3 is 0 Å². The predicted octanol–water partition coefficient (Wildman–Crippen LogP) is 1.88. The van der Waals surface area contributed by atoms with E-state index in [1.165, 1.54) is 5.56 Å². The van der Waals surface area contributed by atoms with Gasteiger partial charge in [-0.05, 0) is 18.9 Å². The molecule has 0 aromatic heterocycles. The van der Waals surface area contributed by atoms with E-state index < -0.39 is 0 Å². The van der Waals surface area contributed by atoms with Crippen molar-refractivity contribution in [2.45, 2.75) is 19.4 Å². The van der Waals surface area contributed by atoms with Crippen LogP contribution in [0.3, 0.4) is 0 Å². The third-order valence-corrected chi connectivity index (χ3v) is 4.31. The lowest BCUT2D eigenvalue weighted by Crippen LogP contribution is -2.43. The summed E-state index contributed by atoms with van der Waals surface area (Å²) in [7, 11) is 0. The molecule has 4 nitrogen and oxygen atoms in total. The second-order valence-corrected chi connectivity index (χ2v) is 5.76. The first kappa shape index (κ1) is 13.6. The number of aldehydes is 1. The molecule has 2 aliphatic heterocycles. The Labute approximate surface area is 119 Å². The molecule has 0 unspecified atom stereocenters. The Balaban J connectivity index is 1.72. The minimum absolute atomic E-state index is 0.239. The van der Waals surface area contributed by atoms with Crippen LogP contribution in [0.4, 0.5) is 0 Å². The molecule has 0 spiro atoms. The number of carbonyl (C=O) groups is 1. The van der Waals surface area contributed by atoms with Crippen LogP contribution in [0, 0.1) is 5.41 Å². The summed E-state index contributed by atoms with van der Waals surface area (Å²) in [5.41, 5.74) is 0.968. The molecule has 0 N–H and O–H groups in total. The number of nitrogens with zero attached hydrogens (tertiary/aromatic N) is 1. The van der Waals surface area contributed by atoms with Crippen LogP contribution in [-0.4, -0.2) is 44.1 Å². The molecule has 0 aliphatic carbocycles. The molecule has 0 amide bonds. The minimum Gasteiger partial charge on any atom is -0.492 e. The third kappa shape index (κ3) is 2.86. The highest BCUT2D eigenvalue weighted by atomic mass is 16.5. The Bertz CT molecular complexity index is 469. The Morgan fingerprint density at radius 3 is 2.80 bits per heavy atom. The van der Waals surface area contributed by atoms with Crippen molar-refractivity contribution in [2.24, 2.45) is 5.41 Å². The van der Waals surface area contributed by atoms with E-state index in [4.69, 9.17) is 9.47 Å². The molecular formula is C16H21NO3. The summed E-state index contributed by atoms with van der Waals surface area (Å²) in [5, 5.41) is 0. The predicted molar refractivity (Wildman–Crippen MR) is 75.8 cm³/mol. The van der Waals surface area contributed by atoms with Crippen molar-refractivity contribution in [3.8, 4) is 5.75 Å². The average Bonchev–Trinajstić information content (AvgIpc) is 2.69. The second-order valence-electron chi connectivity index (χ2n) is 5.76. The zero-order chi connectivity index (χ0) is 13.8. The fourth-order valence-corrected chi connectivity index (χ4v) is 3.05. The maximum Gasteiger partial charge on any atom is 0.127 e. The summed E-state index contributed by atoms with van der Waals surface area (Å²) in [6.45, 7) is 4.59. The topological polar surface area (TPSA) is 38.8 Å². The summed E-state index contributed by atoms with van der Waals surface area (Å²) in [4.78, 5) is 13.9. The molecule has 0 saturated carbocycles. The number of carbonyl (C=O) groups excluding carboxylic acids is 1. The third-order valence-electron chi connectivity index (χ3n) is 4.31. The van der Waals surface area contributed by atoms with Crippen molar-refractivity contribution in [1.29, 1.82) is 0 Å². The molecule has 20 heavy (non-hydrogen) atoms. The van der Waals surface area contributed by atoms with E-state index >= 15 is 0 Å². The highest BCUT2D eigenvalue weighted by Gasteiger charge is 2.34. The number of benzene rings is 1. The van der Waals surface area contributed by atoms with Crippen LogP contribution in [0.5, 0.6) is 5.75 Å². The number of hydrogen-bond donors (Lipinski definition) is 0. The van der Waals surface area contributed by atoms with Crippen molar-refractivity contribution < 1.29 is 14.3 Å². The smallest absolute Gasteiger partial charge is 0.127 e. The molecule has 4 heteroatoms. The van der Waals surface area contributed by atoms with E-state index in [2.05, 4.69) is 11.0 Å². The van der Waals surface area contributed by atoms with Gasteiger partial charge in [-0.1, -0.05) is 18.2 Å². The zero-order valence-corrected chi connectivity index (χ0v) is 11.7. The van der Waals surface area contributed by atoms with E-state index in [0.29, 0.717) is 19.8 Å². The van der Waals surface area contributed by atoms with Crippen molar-refractivity contribution in [1.82, 2.24) is 4.90 Å². The molecule has 3 rings (SSSR count). The van der Waals surface area contributed by atoms with Crippen molar-refractivity contribution >= 4 is 6.29 Å². The van der Waals surface area contributed by atoms with Gasteiger partial charge in [0.15, 0.2) is 0 Å². The van der Waals surface area contributed by atoms with Gasteiger partial charge in [-0.25, -0.2) is 0 Å². The Kier molecular flexibility index (Phi) is 4.03. The standard InChI is InChI=1S/C16H21NO3/c18-13-16(5-8-19-9-6-16)12-17-7-10-20-15-4-2-1-3-14(15)11-17/h1-4,13H,5-12H2. The van der Waals surface area contributed by atoms with Crippen LogP contribution in [0.2, 0.25) is 0 Å². The fourth-order valence-electron chi connectivity index (χ4n) is 3.05. The molecular weight excluding hydrogens is 254 g/mol. The molecule has 1 fully saturated rings. The molecule has 1 saturated heterocycles. The lowest BCUT2D eigenvalue weighted by atomic mass is 9.81. The summed E-state index contributed by atoms with van der Waals surface area (Å²) >= 11 is 0. The molecule has 1 aromatic rings. The van der Waals surface area contributed by atoms with Crippen LogP contribution < -0.4 is 4.74 Å². The number of fused-ring (bicyclic) bond motifs is 1. The summed E-state index contributed by atoms with van der Waals surface area (Å²) in [6, 6.07) is 8.16. The lowest BCUT2D eigenvalue weighted by molar-refractivity contribution is -0.123. The van der Waals surface area contributed by atoms with Gasteiger partial charge in [-0.15, -0.1) is 0 Å². The maximum absolute atomic E-state index is 11.6. The quantitative estimate of drug-likeness (QED) is 0.790. The Morgan fingerprint density at radius 1 is 1.20 bits per heavy atom. The summed E-state index contributed by atoms with van der Waals surface area (Å²) in [6.07, 6.45) is 2.80. The van der Waals surface area contributed by atoms with Crippen LogP contribution in [0.15, 0.2) is 24.3 Å². The fraction of sp³-hybridized carbons (Fsp3) is 0.562. The van der Waals surface area contributed by atoms with Gasteiger partial charge in [0.25, 0.3) is 0 Å². The molecule has 0 radical (unpaired) electrons. The van der Waals surface area contributed by atoms with E-state index in [0.717, 1.165) is 44.5 Å².